The van der Waals surface area contributed by atoms with Crippen molar-refractivity contribution in [3.63, 3.8) is 0 Å². The molecule has 98 valence electrons. The summed E-state index contributed by atoms with van der Waals surface area (Å²) in [6.45, 7) is 0.392. The molecular weight excluding hydrogens is 306 g/mol. The Hall–Kier alpha value is -1.72. The van der Waals surface area contributed by atoms with Gasteiger partial charge in [0.15, 0.2) is 0 Å². The molecular formula is C14H14BrN3O. The van der Waals surface area contributed by atoms with E-state index >= 15 is 0 Å². The van der Waals surface area contributed by atoms with Crippen LogP contribution in [0.5, 0.6) is 0 Å². The number of pyridine rings is 1. The molecule has 0 unspecified atom stereocenters. The van der Waals surface area contributed by atoms with Crippen LogP contribution in [0.3, 0.4) is 0 Å². The van der Waals surface area contributed by atoms with Crippen LogP contribution in [0.25, 0.3) is 0 Å². The molecule has 1 aromatic heterocycles. The minimum Gasteiger partial charge on any atom is -0.326 e. The van der Waals surface area contributed by atoms with Gasteiger partial charge in [-0.15, -0.1) is 0 Å². The third-order valence-electron chi connectivity index (χ3n) is 2.78. The van der Waals surface area contributed by atoms with E-state index in [1.165, 1.54) is 0 Å². The van der Waals surface area contributed by atoms with E-state index in [9.17, 15) is 4.79 Å². The lowest BCUT2D eigenvalue weighted by atomic mass is 10.2. The van der Waals surface area contributed by atoms with E-state index in [1.54, 1.807) is 30.3 Å². The Morgan fingerprint density at radius 2 is 2.16 bits per heavy atom. The second kappa shape index (κ2) is 5.95. The van der Waals surface area contributed by atoms with Crippen LogP contribution in [-0.4, -0.2) is 17.9 Å². The van der Waals surface area contributed by atoms with Gasteiger partial charge in [0, 0.05) is 29.9 Å². The Morgan fingerprint density at radius 1 is 1.37 bits per heavy atom. The van der Waals surface area contributed by atoms with E-state index in [0.29, 0.717) is 12.2 Å². The van der Waals surface area contributed by atoms with Crippen LogP contribution >= 0.6 is 15.9 Å². The summed E-state index contributed by atoms with van der Waals surface area (Å²) in [5.74, 6) is -0.159. The number of halogens is 1. The molecule has 1 heterocycles. The summed E-state index contributed by atoms with van der Waals surface area (Å²) >= 11 is 3.39. The quantitative estimate of drug-likeness (QED) is 0.945. The maximum absolute atomic E-state index is 12.3. The number of amides is 1. The van der Waals surface area contributed by atoms with Gasteiger partial charge in [-0.3, -0.25) is 9.78 Å². The highest BCUT2D eigenvalue weighted by Crippen LogP contribution is 2.20. The van der Waals surface area contributed by atoms with Gasteiger partial charge in [0.05, 0.1) is 0 Å². The molecule has 1 aromatic carbocycles. The highest BCUT2D eigenvalue weighted by atomic mass is 79.9. The third kappa shape index (κ3) is 3.19. The van der Waals surface area contributed by atoms with Gasteiger partial charge in [-0.2, -0.15) is 0 Å². The molecule has 0 spiro atoms. The molecule has 2 rings (SSSR count). The molecule has 4 nitrogen and oxygen atoms in total. The molecule has 0 fully saturated rings. The third-order valence-corrected chi connectivity index (χ3v) is 3.27. The Bertz CT molecular complexity index is 601. The average molecular weight is 320 g/mol. The summed E-state index contributed by atoms with van der Waals surface area (Å²) in [5.41, 5.74) is 7.66. The highest BCUT2D eigenvalue weighted by Gasteiger charge is 2.15. The number of nitrogens with zero attached hydrogens (tertiary/aromatic N) is 2. The lowest BCUT2D eigenvalue weighted by Gasteiger charge is -2.17. The monoisotopic (exact) mass is 319 g/mol. The minimum absolute atomic E-state index is 0.159. The number of nitrogens with two attached hydrogens (primary N) is 1. The van der Waals surface area contributed by atoms with Crippen molar-refractivity contribution < 1.29 is 4.79 Å². The first kappa shape index (κ1) is 13.7. The van der Waals surface area contributed by atoms with Crippen LogP contribution < -0.4 is 10.6 Å². The van der Waals surface area contributed by atoms with Gasteiger partial charge >= 0.3 is 0 Å². The molecule has 0 atom stereocenters. The second-order valence-electron chi connectivity index (χ2n) is 4.10. The number of hydrogen-bond donors (Lipinski definition) is 1. The van der Waals surface area contributed by atoms with E-state index in [0.717, 1.165) is 15.7 Å². The lowest BCUT2D eigenvalue weighted by molar-refractivity contribution is 0.0988. The number of aromatic nitrogens is 1. The van der Waals surface area contributed by atoms with Crippen molar-refractivity contribution in [3.8, 4) is 0 Å². The van der Waals surface area contributed by atoms with Gasteiger partial charge in [-0.1, -0.05) is 22.0 Å². The standard InChI is InChI=1S/C14H14BrN3O/c1-18(12-4-2-3-11(15)8-12)14(19)13-7-10(9-16)5-6-17-13/h2-8H,9,16H2,1H3. The van der Waals surface area contributed by atoms with Crippen molar-refractivity contribution in [1.29, 1.82) is 0 Å². The summed E-state index contributed by atoms with van der Waals surface area (Å²) in [4.78, 5) is 18.0. The Morgan fingerprint density at radius 3 is 2.84 bits per heavy atom. The highest BCUT2D eigenvalue weighted by molar-refractivity contribution is 9.10. The number of carbonyl (C=O) groups excluding carboxylic acids is 1. The summed E-state index contributed by atoms with van der Waals surface area (Å²) < 4.78 is 0.924. The van der Waals surface area contributed by atoms with Crippen LogP contribution in [0.2, 0.25) is 0 Å². The van der Waals surface area contributed by atoms with Crippen molar-refractivity contribution >= 4 is 27.5 Å². The number of anilines is 1. The SMILES string of the molecule is CN(C(=O)c1cc(CN)ccn1)c1cccc(Br)c1. The fraction of sp³-hybridized carbons (Fsp3) is 0.143. The fourth-order valence-corrected chi connectivity index (χ4v) is 2.08. The van der Waals surface area contributed by atoms with Gasteiger partial charge in [-0.05, 0) is 35.9 Å². The molecule has 5 heteroatoms. The van der Waals surface area contributed by atoms with Gasteiger partial charge in [0.25, 0.3) is 5.91 Å². The Kier molecular flexibility index (Phi) is 4.29. The fourth-order valence-electron chi connectivity index (χ4n) is 1.69. The summed E-state index contributed by atoms with van der Waals surface area (Å²) in [6.07, 6.45) is 1.60. The Balaban J connectivity index is 2.28. The maximum atomic E-state index is 12.3. The smallest absolute Gasteiger partial charge is 0.276 e. The molecule has 0 aliphatic heterocycles. The number of rotatable bonds is 3. The summed E-state index contributed by atoms with van der Waals surface area (Å²) in [6, 6.07) is 11.1. The van der Waals surface area contributed by atoms with Crippen molar-refractivity contribution in [2.45, 2.75) is 6.54 Å². The molecule has 2 aromatic rings. The molecule has 0 aliphatic carbocycles. The molecule has 1 amide bonds. The van der Waals surface area contributed by atoms with Gasteiger partial charge in [0.1, 0.15) is 5.69 Å². The molecule has 0 bridgehead atoms. The van der Waals surface area contributed by atoms with Crippen molar-refractivity contribution in [1.82, 2.24) is 4.98 Å². The summed E-state index contributed by atoms with van der Waals surface area (Å²) in [5, 5.41) is 0. The van der Waals surface area contributed by atoms with Crippen LogP contribution in [0.1, 0.15) is 16.1 Å². The zero-order valence-electron chi connectivity index (χ0n) is 10.5. The van der Waals surface area contributed by atoms with E-state index in [1.807, 2.05) is 24.3 Å². The van der Waals surface area contributed by atoms with Gasteiger partial charge in [0.2, 0.25) is 0 Å². The van der Waals surface area contributed by atoms with Crippen LogP contribution in [-0.2, 0) is 6.54 Å². The van der Waals surface area contributed by atoms with Crippen molar-refractivity contribution in [2.75, 3.05) is 11.9 Å². The average Bonchev–Trinajstić information content (AvgIpc) is 2.45. The first-order valence-corrected chi connectivity index (χ1v) is 6.59. The topological polar surface area (TPSA) is 59.2 Å². The van der Waals surface area contributed by atoms with E-state index in [4.69, 9.17) is 5.73 Å². The van der Waals surface area contributed by atoms with Gasteiger partial charge < -0.3 is 10.6 Å². The second-order valence-corrected chi connectivity index (χ2v) is 5.01. The maximum Gasteiger partial charge on any atom is 0.276 e. The van der Waals surface area contributed by atoms with E-state index in [2.05, 4.69) is 20.9 Å². The number of benzene rings is 1. The van der Waals surface area contributed by atoms with Gasteiger partial charge in [-0.25, -0.2) is 0 Å². The van der Waals surface area contributed by atoms with Crippen molar-refractivity contribution in [2.24, 2.45) is 5.73 Å². The van der Waals surface area contributed by atoms with E-state index < -0.39 is 0 Å². The van der Waals surface area contributed by atoms with E-state index in [-0.39, 0.29) is 5.91 Å². The first-order chi connectivity index (χ1) is 9.11. The molecule has 0 aliphatic rings. The predicted octanol–water partition coefficient (Wildman–Crippen LogP) is 2.58. The molecule has 0 radical (unpaired) electrons. The minimum atomic E-state index is -0.159. The lowest BCUT2D eigenvalue weighted by Crippen LogP contribution is -2.27. The molecule has 0 saturated heterocycles. The zero-order valence-corrected chi connectivity index (χ0v) is 12.1. The van der Waals surface area contributed by atoms with Crippen LogP contribution in [0, 0.1) is 0 Å². The molecule has 2 N–H and O–H groups in total. The number of hydrogen-bond acceptors (Lipinski definition) is 3. The summed E-state index contributed by atoms with van der Waals surface area (Å²) in [7, 11) is 1.72. The van der Waals surface area contributed by atoms with Crippen LogP contribution in [0.4, 0.5) is 5.69 Å². The Labute approximate surface area is 120 Å². The number of carbonyl (C=O) groups is 1. The van der Waals surface area contributed by atoms with Crippen molar-refractivity contribution in [3.05, 3.63) is 58.3 Å². The zero-order chi connectivity index (χ0) is 13.8. The van der Waals surface area contributed by atoms with Crippen LogP contribution in [0.15, 0.2) is 47.1 Å². The normalized spacial score (nSPS) is 10.3. The largest absolute Gasteiger partial charge is 0.326 e. The first-order valence-electron chi connectivity index (χ1n) is 5.80. The molecule has 19 heavy (non-hydrogen) atoms. The predicted molar refractivity (Wildman–Crippen MR) is 79.0 cm³/mol. The molecule has 0 saturated carbocycles.